The van der Waals surface area contributed by atoms with E-state index in [0.717, 1.165) is 4.31 Å². The van der Waals surface area contributed by atoms with Crippen molar-refractivity contribution in [1.29, 1.82) is 0 Å². The van der Waals surface area contributed by atoms with E-state index in [2.05, 4.69) is 5.32 Å². The van der Waals surface area contributed by atoms with Crippen molar-refractivity contribution < 1.29 is 45.3 Å². The molecule has 16 heteroatoms. The van der Waals surface area contributed by atoms with Gasteiger partial charge in [-0.1, -0.05) is 11.6 Å². The third-order valence-electron chi connectivity index (χ3n) is 6.76. The normalized spacial score (nSPS) is 14.0. The Labute approximate surface area is 267 Å². The fourth-order valence-electron chi connectivity index (χ4n) is 4.45. The lowest BCUT2D eigenvalue weighted by Gasteiger charge is -2.26. The summed E-state index contributed by atoms with van der Waals surface area (Å²) < 4.78 is 82.4. The molecule has 45 heavy (non-hydrogen) atoms. The Hall–Kier alpha value is -3.76. The molecule has 1 fully saturated rings. The molecule has 0 spiro atoms. The topological polar surface area (TPSA) is 150 Å². The molecule has 1 N–H and O–H groups in total. The molecule has 0 bridgehead atoms. The van der Waals surface area contributed by atoms with Crippen molar-refractivity contribution in [2.24, 2.45) is 0 Å². The van der Waals surface area contributed by atoms with Crippen LogP contribution in [-0.2, 0) is 29.6 Å². The molecule has 13 nitrogen and oxygen atoms in total. The molecule has 3 aromatic rings. The van der Waals surface area contributed by atoms with E-state index in [0.29, 0.717) is 24.7 Å². The highest BCUT2D eigenvalue weighted by Crippen LogP contribution is 2.37. The first-order valence-electron chi connectivity index (χ1n) is 13.7. The lowest BCUT2D eigenvalue weighted by molar-refractivity contribution is -0.119. The van der Waals surface area contributed by atoms with Gasteiger partial charge in [-0.2, -0.15) is 4.31 Å². The zero-order valence-electron chi connectivity index (χ0n) is 24.9. The van der Waals surface area contributed by atoms with Crippen molar-refractivity contribution in [3.63, 3.8) is 0 Å². The fourth-order valence-corrected chi connectivity index (χ4v) is 7.47. The van der Waals surface area contributed by atoms with Gasteiger partial charge in [-0.05, 0) is 54.6 Å². The number of nitrogens with zero attached hydrogens (tertiary/aromatic N) is 2. The highest BCUT2D eigenvalue weighted by molar-refractivity contribution is 7.93. The first-order valence-corrected chi connectivity index (χ1v) is 16.9. The van der Waals surface area contributed by atoms with E-state index >= 15 is 0 Å². The second-order valence-electron chi connectivity index (χ2n) is 9.53. The van der Waals surface area contributed by atoms with Gasteiger partial charge < -0.3 is 29.0 Å². The van der Waals surface area contributed by atoms with Crippen molar-refractivity contribution in [3.8, 4) is 23.0 Å². The number of carbonyl (C=O) groups is 1. The fraction of sp³-hybridized carbons (Fsp3) is 0.345. The number of ether oxygens (including phenoxy) is 5. The predicted octanol–water partition coefficient (Wildman–Crippen LogP) is 2.78. The van der Waals surface area contributed by atoms with Gasteiger partial charge in [0.25, 0.3) is 10.0 Å². The van der Waals surface area contributed by atoms with Crippen molar-refractivity contribution in [2.75, 3.05) is 71.6 Å². The smallest absolute Gasteiger partial charge is 0.265 e. The van der Waals surface area contributed by atoms with Gasteiger partial charge in [0.2, 0.25) is 15.9 Å². The van der Waals surface area contributed by atoms with Crippen molar-refractivity contribution >= 4 is 43.2 Å². The number of nitrogens with one attached hydrogen (secondary N) is 1. The van der Waals surface area contributed by atoms with Crippen molar-refractivity contribution in [1.82, 2.24) is 9.62 Å². The number of methoxy groups -OCH3 is 3. The molecule has 0 aliphatic carbocycles. The molecule has 4 rings (SSSR count). The van der Waals surface area contributed by atoms with Crippen LogP contribution in [0.2, 0.25) is 5.02 Å². The minimum absolute atomic E-state index is 0.0313. The first-order chi connectivity index (χ1) is 21.5. The maximum absolute atomic E-state index is 13.9. The van der Waals surface area contributed by atoms with E-state index in [-0.39, 0.29) is 58.2 Å². The van der Waals surface area contributed by atoms with Crippen LogP contribution in [0.1, 0.15) is 0 Å². The van der Waals surface area contributed by atoms with Crippen LogP contribution >= 0.6 is 11.6 Å². The molecule has 0 aromatic heterocycles. The number of benzene rings is 3. The number of hydrogen-bond donors (Lipinski definition) is 1. The van der Waals surface area contributed by atoms with Crippen LogP contribution in [0.15, 0.2) is 70.5 Å². The lowest BCUT2D eigenvalue weighted by Crippen LogP contribution is -2.42. The highest BCUT2D eigenvalue weighted by Gasteiger charge is 2.31. The highest BCUT2D eigenvalue weighted by atomic mass is 35.5. The zero-order chi connectivity index (χ0) is 32.6. The molecular weight excluding hydrogens is 650 g/mol. The van der Waals surface area contributed by atoms with Gasteiger partial charge >= 0.3 is 0 Å². The summed E-state index contributed by atoms with van der Waals surface area (Å²) in [6.45, 7) is 0.724. The van der Waals surface area contributed by atoms with Gasteiger partial charge in [0.15, 0.2) is 11.5 Å². The minimum Gasteiger partial charge on any atom is -0.495 e. The lowest BCUT2D eigenvalue weighted by atomic mass is 10.3. The van der Waals surface area contributed by atoms with Gasteiger partial charge in [-0.3, -0.25) is 9.10 Å². The third kappa shape index (κ3) is 8.10. The second-order valence-corrected chi connectivity index (χ2v) is 13.8. The van der Waals surface area contributed by atoms with Gasteiger partial charge in [0, 0.05) is 24.2 Å². The Balaban J connectivity index is 1.44. The van der Waals surface area contributed by atoms with Crippen LogP contribution < -0.4 is 28.6 Å². The Morgan fingerprint density at radius 3 is 2.13 bits per heavy atom. The number of anilines is 1. The molecule has 3 aromatic carbocycles. The minimum atomic E-state index is -4.35. The number of hydrogen-bond acceptors (Lipinski definition) is 10. The number of carbonyl (C=O) groups excluding carboxylic acids is 1. The maximum atomic E-state index is 13.9. The van der Waals surface area contributed by atoms with E-state index < -0.39 is 32.5 Å². The molecule has 0 unspecified atom stereocenters. The monoisotopic (exact) mass is 683 g/mol. The third-order valence-corrected chi connectivity index (χ3v) is 10.7. The van der Waals surface area contributed by atoms with E-state index in [1.165, 1.54) is 86.3 Å². The van der Waals surface area contributed by atoms with E-state index in [4.69, 9.17) is 35.3 Å². The summed E-state index contributed by atoms with van der Waals surface area (Å²) in [7, 11) is -3.81. The predicted molar refractivity (Wildman–Crippen MR) is 167 cm³/mol. The summed E-state index contributed by atoms with van der Waals surface area (Å²) in [5, 5.41) is 2.88. The molecule has 0 radical (unpaired) electrons. The van der Waals surface area contributed by atoms with Gasteiger partial charge in [-0.25, -0.2) is 16.8 Å². The largest absolute Gasteiger partial charge is 0.495 e. The molecule has 0 saturated carbocycles. The molecular formula is C29H34ClN3O10S2. The Kier molecular flexibility index (Phi) is 11.4. The Morgan fingerprint density at radius 1 is 0.867 bits per heavy atom. The molecule has 244 valence electrons. The van der Waals surface area contributed by atoms with Gasteiger partial charge in [-0.15, -0.1) is 0 Å². The van der Waals surface area contributed by atoms with Gasteiger partial charge in [0.1, 0.15) is 24.7 Å². The van der Waals surface area contributed by atoms with E-state index in [1.807, 2.05) is 0 Å². The van der Waals surface area contributed by atoms with Crippen LogP contribution in [0.4, 0.5) is 5.69 Å². The summed E-state index contributed by atoms with van der Waals surface area (Å²) in [5.41, 5.74) is 0.0540. The van der Waals surface area contributed by atoms with E-state index in [9.17, 15) is 21.6 Å². The summed E-state index contributed by atoms with van der Waals surface area (Å²) in [6.07, 6.45) is 0. The maximum Gasteiger partial charge on any atom is 0.265 e. The average Bonchev–Trinajstić information content (AvgIpc) is 3.05. The first kappa shape index (κ1) is 34.1. The van der Waals surface area contributed by atoms with Crippen LogP contribution in [-0.4, -0.2) is 94.4 Å². The van der Waals surface area contributed by atoms with Crippen LogP contribution in [0, 0.1) is 0 Å². The van der Waals surface area contributed by atoms with E-state index in [1.54, 1.807) is 0 Å². The Bertz CT molecular complexity index is 1700. The van der Waals surface area contributed by atoms with Crippen LogP contribution in [0.5, 0.6) is 23.0 Å². The van der Waals surface area contributed by atoms with Gasteiger partial charge in [0.05, 0.1) is 56.6 Å². The zero-order valence-corrected chi connectivity index (χ0v) is 27.3. The summed E-state index contributed by atoms with van der Waals surface area (Å²) in [6, 6.07) is 14.5. The molecule has 1 amide bonds. The second kappa shape index (κ2) is 15.0. The molecule has 1 saturated heterocycles. The van der Waals surface area contributed by atoms with Crippen LogP contribution in [0.3, 0.4) is 0 Å². The average molecular weight is 684 g/mol. The summed E-state index contributed by atoms with van der Waals surface area (Å²) in [5.74, 6) is 0.459. The molecule has 0 atom stereocenters. The summed E-state index contributed by atoms with van der Waals surface area (Å²) in [4.78, 5) is 13.0. The number of amides is 1. The molecule has 1 aliphatic rings. The molecule has 1 heterocycles. The number of morpholine rings is 1. The van der Waals surface area contributed by atoms with Crippen molar-refractivity contribution in [3.05, 3.63) is 65.7 Å². The van der Waals surface area contributed by atoms with Crippen molar-refractivity contribution in [2.45, 2.75) is 9.79 Å². The number of halogens is 1. The Morgan fingerprint density at radius 2 is 1.49 bits per heavy atom. The molecule has 1 aliphatic heterocycles. The number of sulfonamides is 2. The SMILES string of the molecule is COc1ccc(S(=O)(=O)N(CC(=O)NCCOc2ccc(S(=O)(=O)N3CCOCC3)cc2)c2cc(Cl)ccc2OC)cc1OC. The quantitative estimate of drug-likeness (QED) is 0.251. The summed E-state index contributed by atoms with van der Waals surface area (Å²) >= 11 is 6.20. The number of rotatable bonds is 14. The van der Waals surface area contributed by atoms with Crippen LogP contribution in [0.25, 0.3) is 0 Å². The standard InChI is InChI=1S/C29H34ClN3O10S2/c1-39-26-10-4-21(30)18-25(26)33(45(37,38)24-9-11-27(40-2)28(19-24)41-3)20-29(34)31-12-15-43-22-5-7-23(8-6-22)44(35,36)32-13-16-42-17-14-32/h4-11,18-19H,12-17,20H2,1-3H3,(H,31,34).